The normalized spacial score (nSPS) is 20.8. The van der Waals surface area contributed by atoms with E-state index in [-0.39, 0.29) is 6.04 Å². The molecule has 0 amide bonds. The van der Waals surface area contributed by atoms with Gasteiger partial charge in [0.2, 0.25) is 0 Å². The minimum atomic E-state index is -3.35. The molecule has 3 nitrogen and oxygen atoms in total. The van der Waals surface area contributed by atoms with Crippen molar-refractivity contribution in [1.82, 2.24) is 4.31 Å². The minimum absolute atomic E-state index is 0.127. The van der Waals surface area contributed by atoms with E-state index >= 15 is 0 Å². The summed E-state index contributed by atoms with van der Waals surface area (Å²) in [5.41, 5.74) is 0.961. The number of sulfonamides is 1. The van der Waals surface area contributed by atoms with Crippen LogP contribution in [0.2, 0.25) is 0 Å². The lowest BCUT2D eigenvalue weighted by Crippen LogP contribution is -2.36. The molecule has 0 aromatic carbocycles. The topological polar surface area (TPSA) is 37.4 Å². The average Bonchev–Trinajstić information content (AvgIpc) is 2.96. The Labute approximate surface area is 122 Å². The molecule has 0 spiro atoms. The number of thioether (sulfide) groups is 1. The Morgan fingerprint density at radius 1 is 1.56 bits per heavy atom. The van der Waals surface area contributed by atoms with Gasteiger partial charge < -0.3 is 0 Å². The van der Waals surface area contributed by atoms with Crippen molar-refractivity contribution in [2.45, 2.75) is 29.5 Å². The Morgan fingerprint density at radius 3 is 2.78 bits per heavy atom. The maximum atomic E-state index is 12.5. The van der Waals surface area contributed by atoms with Crippen molar-refractivity contribution in [2.75, 3.05) is 18.6 Å². The maximum Gasteiger partial charge on any atom is 0.252 e. The third-order valence-corrected chi connectivity index (χ3v) is 8.34. The predicted molar refractivity (Wildman–Crippen MR) is 79.3 cm³/mol. The average molecular weight is 326 g/mol. The fourth-order valence-corrected chi connectivity index (χ4v) is 6.64. The second-order valence-corrected chi connectivity index (χ2v) is 9.12. The first-order chi connectivity index (χ1) is 8.46. The SMILES string of the molecule is Cc1cc(S(=O)(=O)N(C)C2CCSC2)sc1CCl. The zero-order valence-corrected chi connectivity index (χ0v) is 13.6. The van der Waals surface area contributed by atoms with E-state index in [1.54, 1.807) is 13.1 Å². The summed E-state index contributed by atoms with van der Waals surface area (Å²) in [7, 11) is -1.67. The molecule has 7 heteroatoms. The number of alkyl halides is 1. The second-order valence-electron chi connectivity index (χ2n) is 4.34. The Hall–Kier alpha value is 0.250. The third-order valence-electron chi connectivity index (χ3n) is 3.17. The van der Waals surface area contributed by atoms with Gasteiger partial charge in [0.25, 0.3) is 10.0 Å². The highest BCUT2D eigenvalue weighted by Gasteiger charge is 2.31. The van der Waals surface area contributed by atoms with Crippen molar-refractivity contribution in [3.63, 3.8) is 0 Å². The molecule has 0 aliphatic carbocycles. The molecule has 2 rings (SSSR count). The molecule has 1 atom stereocenters. The predicted octanol–water partition coefficient (Wildman–Crippen LogP) is 2.92. The summed E-state index contributed by atoms with van der Waals surface area (Å²) in [5, 5.41) is 0. The Morgan fingerprint density at radius 2 is 2.28 bits per heavy atom. The fourth-order valence-electron chi connectivity index (χ4n) is 1.90. The maximum absolute atomic E-state index is 12.5. The van der Waals surface area contributed by atoms with E-state index in [4.69, 9.17) is 11.6 Å². The summed E-state index contributed by atoms with van der Waals surface area (Å²) >= 11 is 8.90. The molecule has 0 radical (unpaired) electrons. The molecule has 1 saturated heterocycles. The van der Waals surface area contributed by atoms with E-state index in [1.165, 1.54) is 15.6 Å². The monoisotopic (exact) mass is 325 g/mol. The quantitative estimate of drug-likeness (QED) is 0.799. The van der Waals surface area contributed by atoms with Crippen LogP contribution in [-0.4, -0.2) is 37.3 Å². The van der Waals surface area contributed by atoms with Crippen LogP contribution in [0.1, 0.15) is 16.9 Å². The molecule has 1 aromatic rings. The van der Waals surface area contributed by atoms with Gasteiger partial charge in [-0.3, -0.25) is 0 Å². The van der Waals surface area contributed by atoms with Gasteiger partial charge in [-0.25, -0.2) is 8.42 Å². The van der Waals surface area contributed by atoms with Crippen molar-refractivity contribution in [3.8, 4) is 0 Å². The zero-order chi connectivity index (χ0) is 13.3. The third kappa shape index (κ3) is 2.72. The van der Waals surface area contributed by atoms with Gasteiger partial charge in [0.15, 0.2) is 0 Å². The fraction of sp³-hybridized carbons (Fsp3) is 0.636. The van der Waals surface area contributed by atoms with Crippen LogP contribution >= 0.6 is 34.7 Å². The largest absolute Gasteiger partial charge is 0.252 e. The first-order valence-electron chi connectivity index (χ1n) is 5.68. The lowest BCUT2D eigenvalue weighted by Gasteiger charge is -2.22. The molecule has 0 N–H and O–H groups in total. The minimum Gasteiger partial charge on any atom is -0.206 e. The number of thiophene rings is 1. The van der Waals surface area contributed by atoms with Gasteiger partial charge in [-0.1, -0.05) is 0 Å². The van der Waals surface area contributed by atoms with Gasteiger partial charge in [0.1, 0.15) is 4.21 Å². The highest BCUT2D eigenvalue weighted by Crippen LogP contribution is 2.32. The summed E-state index contributed by atoms with van der Waals surface area (Å²) in [6, 6.07) is 1.86. The summed E-state index contributed by atoms with van der Waals surface area (Å²) in [6.07, 6.45) is 0.938. The molecule has 18 heavy (non-hydrogen) atoms. The van der Waals surface area contributed by atoms with Crippen molar-refractivity contribution in [3.05, 3.63) is 16.5 Å². The zero-order valence-electron chi connectivity index (χ0n) is 10.3. The molecule has 1 fully saturated rings. The van der Waals surface area contributed by atoms with Crippen molar-refractivity contribution < 1.29 is 8.42 Å². The van der Waals surface area contributed by atoms with Crippen LogP contribution in [0.3, 0.4) is 0 Å². The van der Waals surface area contributed by atoms with Crippen LogP contribution < -0.4 is 0 Å². The van der Waals surface area contributed by atoms with E-state index in [2.05, 4.69) is 0 Å². The summed E-state index contributed by atoms with van der Waals surface area (Å²) in [5.74, 6) is 2.30. The van der Waals surface area contributed by atoms with E-state index in [9.17, 15) is 8.42 Å². The Kier molecular flexibility index (Phi) is 4.65. The highest BCUT2D eigenvalue weighted by atomic mass is 35.5. The number of halogens is 1. The van der Waals surface area contributed by atoms with Gasteiger partial charge in [-0.2, -0.15) is 16.1 Å². The molecule has 102 valence electrons. The summed E-state index contributed by atoms with van der Waals surface area (Å²) in [6.45, 7) is 1.90. The summed E-state index contributed by atoms with van der Waals surface area (Å²) < 4.78 is 26.9. The molecule has 0 bridgehead atoms. The van der Waals surface area contributed by atoms with Crippen molar-refractivity contribution in [2.24, 2.45) is 0 Å². The Bertz CT molecular complexity index is 520. The molecule has 1 unspecified atom stereocenters. The van der Waals surface area contributed by atoms with Crippen molar-refractivity contribution in [1.29, 1.82) is 0 Å². The first-order valence-corrected chi connectivity index (χ1v) is 9.62. The molecule has 0 saturated carbocycles. The lowest BCUT2D eigenvalue weighted by atomic mass is 10.3. The van der Waals surface area contributed by atoms with Crippen LogP contribution in [0.5, 0.6) is 0 Å². The molecular weight excluding hydrogens is 310 g/mol. The number of nitrogens with zero attached hydrogens (tertiary/aromatic N) is 1. The highest BCUT2D eigenvalue weighted by molar-refractivity contribution is 7.99. The van der Waals surface area contributed by atoms with Crippen LogP contribution in [-0.2, 0) is 15.9 Å². The second kappa shape index (κ2) is 5.71. The molecule has 2 heterocycles. The summed E-state index contributed by atoms with van der Waals surface area (Å²) in [4.78, 5) is 0.935. The number of rotatable bonds is 4. The van der Waals surface area contributed by atoms with E-state index < -0.39 is 10.0 Å². The van der Waals surface area contributed by atoms with Crippen LogP contribution in [0.15, 0.2) is 10.3 Å². The Balaban J connectivity index is 2.28. The van der Waals surface area contributed by atoms with E-state index in [0.717, 1.165) is 28.4 Å². The lowest BCUT2D eigenvalue weighted by molar-refractivity contribution is 0.395. The van der Waals surface area contributed by atoms with Gasteiger partial charge in [-0.15, -0.1) is 22.9 Å². The standard InChI is InChI=1S/C11H16ClNO2S3/c1-8-5-11(17-10(8)6-12)18(14,15)13(2)9-3-4-16-7-9/h5,9H,3-4,6-7H2,1-2H3. The number of hydrogen-bond donors (Lipinski definition) is 0. The van der Waals surface area contributed by atoms with Crippen LogP contribution in [0.25, 0.3) is 0 Å². The number of aryl methyl sites for hydroxylation is 1. The molecular formula is C11H16ClNO2S3. The first kappa shape index (κ1) is 14.7. The van der Waals surface area contributed by atoms with E-state index in [0.29, 0.717) is 10.1 Å². The molecule has 1 aliphatic heterocycles. The number of hydrogen-bond acceptors (Lipinski definition) is 4. The smallest absolute Gasteiger partial charge is 0.206 e. The van der Waals surface area contributed by atoms with Gasteiger partial charge in [-0.05, 0) is 30.7 Å². The van der Waals surface area contributed by atoms with Gasteiger partial charge >= 0.3 is 0 Å². The van der Waals surface area contributed by atoms with E-state index in [1.807, 2.05) is 18.7 Å². The van der Waals surface area contributed by atoms with Crippen LogP contribution in [0, 0.1) is 6.92 Å². The molecule has 1 aromatic heterocycles. The van der Waals surface area contributed by atoms with Gasteiger partial charge in [0, 0.05) is 23.7 Å². The van der Waals surface area contributed by atoms with Gasteiger partial charge in [0.05, 0.1) is 5.88 Å². The van der Waals surface area contributed by atoms with Crippen molar-refractivity contribution >= 4 is 44.7 Å². The molecule has 1 aliphatic rings. The van der Waals surface area contributed by atoms with Crippen LogP contribution in [0.4, 0.5) is 0 Å².